The first-order valence-corrected chi connectivity index (χ1v) is 11.3. The highest BCUT2D eigenvalue weighted by Gasteiger charge is 2.24. The third kappa shape index (κ3) is 3.84. The fourth-order valence-corrected chi connectivity index (χ4v) is 5.12. The molecule has 0 bridgehead atoms. The van der Waals surface area contributed by atoms with E-state index < -0.39 is 5.82 Å². The summed E-state index contributed by atoms with van der Waals surface area (Å²) in [5.41, 5.74) is 2.82. The van der Waals surface area contributed by atoms with Crippen molar-refractivity contribution in [2.24, 2.45) is 0 Å². The van der Waals surface area contributed by atoms with Gasteiger partial charge in [-0.2, -0.15) is 20.7 Å². The number of hydrogen-bond donors (Lipinski definition) is 0. The summed E-state index contributed by atoms with van der Waals surface area (Å²) in [6.07, 6.45) is 8.32. The van der Waals surface area contributed by atoms with Crippen LogP contribution in [0.5, 0.6) is 0 Å². The molecule has 1 fully saturated rings. The second kappa shape index (κ2) is 8.66. The van der Waals surface area contributed by atoms with Gasteiger partial charge in [-0.1, -0.05) is 11.8 Å². The standard InChI is InChI=1S/C23H19FN8S/c1-30-7-4-17(5-8-30)32-20(11-26)18(13-29-32)15-9-21(33-23-19(24)3-2-6-27-23)22-16(10-25)12-28-31(22)14-15/h2-3,6,9,12-14,17H,4-5,7-8H2,1H3. The summed E-state index contributed by atoms with van der Waals surface area (Å²) < 4.78 is 17.7. The van der Waals surface area contributed by atoms with Crippen molar-refractivity contribution in [2.45, 2.75) is 28.8 Å². The van der Waals surface area contributed by atoms with E-state index in [1.54, 1.807) is 16.9 Å². The number of nitrogens with zero attached hydrogens (tertiary/aromatic N) is 8. The zero-order chi connectivity index (χ0) is 22.9. The van der Waals surface area contributed by atoms with Gasteiger partial charge in [-0.15, -0.1) is 0 Å². The maximum atomic E-state index is 14.3. The zero-order valence-electron chi connectivity index (χ0n) is 17.8. The molecule has 0 radical (unpaired) electrons. The summed E-state index contributed by atoms with van der Waals surface area (Å²) in [4.78, 5) is 7.02. The second-order valence-corrected chi connectivity index (χ2v) is 8.98. The van der Waals surface area contributed by atoms with Crippen LogP contribution in [-0.2, 0) is 0 Å². The van der Waals surface area contributed by atoms with Gasteiger partial charge in [0.25, 0.3) is 0 Å². The molecule has 0 unspecified atom stereocenters. The molecule has 0 spiro atoms. The first-order chi connectivity index (χ1) is 16.1. The number of halogens is 1. The lowest BCUT2D eigenvalue weighted by atomic mass is 10.0. The fourth-order valence-electron chi connectivity index (χ4n) is 4.14. The number of likely N-dealkylation sites (tertiary alicyclic amines) is 1. The van der Waals surface area contributed by atoms with Crippen LogP contribution in [0, 0.1) is 28.5 Å². The molecule has 5 rings (SSSR count). The van der Waals surface area contributed by atoms with Gasteiger partial charge < -0.3 is 4.90 Å². The lowest BCUT2D eigenvalue weighted by Crippen LogP contribution is -2.32. The Hall–Kier alpha value is -3.73. The molecule has 164 valence electrons. The third-order valence-corrected chi connectivity index (χ3v) is 6.90. The molecule has 0 amide bonds. The van der Waals surface area contributed by atoms with E-state index in [2.05, 4.69) is 39.3 Å². The Morgan fingerprint density at radius 3 is 2.70 bits per heavy atom. The molecule has 4 aromatic rings. The topological polar surface area (TPSA) is 98.8 Å². The Balaban J connectivity index is 1.62. The van der Waals surface area contributed by atoms with Crippen molar-refractivity contribution >= 4 is 17.3 Å². The van der Waals surface area contributed by atoms with Gasteiger partial charge in [-0.3, -0.25) is 4.68 Å². The minimum Gasteiger partial charge on any atom is -0.306 e. The minimum absolute atomic E-state index is 0.166. The molecule has 5 heterocycles. The summed E-state index contributed by atoms with van der Waals surface area (Å²) in [6, 6.07) is 9.34. The van der Waals surface area contributed by atoms with Gasteiger partial charge in [0, 0.05) is 28.4 Å². The maximum Gasteiger partial charge on any atom is 0.155 e. The van der Waals surface area contributed by atoms with E-state index in [4.69, 9.17) is 0 Å². The number of aromatic nitrogens is 5. The monoisotopic (exact) mass is 458 g/mol. The van der Waals surface area contributed by atoms with E-state index in [-0.39, 0.29) is 11.1 Å². The largest absolute Gasteiger partial charge is 0.306 e. The predicted octanol–water partition coefficient (Wildman–Crippen LogP) is 3.89. The smallest absolute Gasteiger partial charge is 0.155 e. The number of piperidine rings is 1. The van der Waals surface area contributed by atoms with Gasteiger partial charge in [-0.25, -0.2) is 13.9 Å². The Morgan fingerprint density at radius 1 is 1.15 bits per heavy atom. The summed E-state index contributed by atoms with van der Waals surface area (Å²) in [7, 11) is 2.09. The van der Waals surface area contributed by atoms with E-state index >= 15 is 0 Å². The number of nitriles is 2. The van der Waals surface area contributed by atoms with Crippen LogP contribution in [0.15, 0.2) is 52.9 Å². The van der Waals surface area contributed by atoms with Crippen LogP contribution >= 0.6 is 11.8 Å². The van der Waals surface area contributed by atoms with E-state index in [1.807, 2.05) is 10.7 Å². The van der Waals surface area contributed by atoms with E-state index in [1.165, 1.54) is 24.5 Å². The highest BCUT2D eigenvalue weighted by Crippen LogP contribution is 2.37. The second-order valence-electron chi connectivity index (χ2n) is 7.95. The van der Waals surface area contributed by atoms with Crippen LogP contribution < -0.4 is 0 Å². The van der Waals surface area contributed by atoms with Crippen molar-refractivity contribution in [3.8, 4) is 23.3 Å². The van der Waals surface area contributed by atoms with Gasteiger partial charge in [0.05, 0.1) is 29.5 Å². The van der Waals surface area contributed by atoms with Gasteiger partial charge >= 0.3 is 0 Å². The lowest BCUT2D eigenvalue weighted by Gasteiger charge is -2.29. The van der Waals surface area contributed by atoms with Crippen molar-refractivity contribution < 1.29 is 4.39 Å². The van der Waals surface area contributed by atoms with E-state index in [0.717, 1.165) is 37.7 Å². The lowest BCUT2D eigenvalue weighted by molar-refractivity contribution is 0.211. The number of hydrogen-bond acceptors (Lipinski definition) is 7. The fraction of sp³-hybridized carbons (Fsp3) is 0.261. The predicted molar refractivity (Wildman–Crippen MR) is 120 cm³/mol. The average molecular weight is 459 g/mol. The Bertz CT molecular complexity index is 1420. The first-order valence-electron chi connectivity index (χ1n) is 10.5. The van der Waals surface area contributed by atoms with Gasteiger partial charge in [0.15, 0.2) is 5.82 Å². The molecular formula is C23H19FN8S. The highest BCUT2D eigenvalue weighted by atomic mass is 32.2. The molecule has 0 N–H and O–H groups in total. The molecule has 4 aromatic heterocycles. The van der Waals surface area contributed by atoms with Crippen LogP contribution in [0.1, 0.15) is 30.1 Å². The van der Waals surface area contributed by atoms with Crippen molar-refractivity contribution in [1.29, 1.82) is 10.5 Å². The number of pyridine rings is 2. The molecular weight excluding hydrogens is 439 g/mol. The minimum atomic E-state index is -0.447. The Morgan fingerprint density at radius 2 is 1.97 bits per heavy atom. The average Bonchev–Trinajstić information content (AvgIpc) is 3.45. The van der Waals surface area contributed by atoms with Crippen LogP contribution in [0.3, 0.4) is 0 Å². The van der Waals surface area contributed by atoms with Crippen LogP contribution in [0.25, 0.3) is 16.6 Å². The molecule has 0 aliphatic carbocycles. The van der Waals surface area contributed by atoms with Gasteiger partial charge in [0.1, 0.15) is 22.9 Å². The molecule has 10 heteroatoms. The molecule has 33 heavy (non-hydrogen) atoms. The van der Waals surface area contributed by atoms with Crippen molar-refractivity contribution in [1.82, 2.24) is 29.3 Å². The number of fused-ring (bicyclic) bond motifs is 1. The molecule has 1 saturated heterocycles. The van der Waals surface area contributed by atoms with Crippen LogP contribution in [0.2, 0.25) is 0 Å². The van der Waals surface area contributed by atoms with Crippen molar-refractivity contribution in [3.05, 3.63) is 60.1 Å². The van der Waals surface area contributed by atoms with Crippen molar-refractivity contribution in [3.63, 3.8) is 0 Å². The SMILES string of the molecule is CN1CCC(n2ncc(-c3cc(Sc4ncccc4F)c4c(C#N)cnn4c3)c2C#N)CC1. The Labute approximate surface area is 193 Å². The Kier molecular flexibility index (Phi) is 5.55. The third-order valence-electron chi connectivity index (χ3n) is 5.87. The molecule has 0 aromatic carbocycles. The molecule has 0 saturated carbocycles. The molecule has 1 aliphatic rings. The molecule has 8 nitrogen and oxygen atoms in total. The van der Waals surface area contributed by atoms with Crippen LogP contribution in [0.4, 0.5) is 4.39 Å². The summed E-state index contributed by atoms with van der Waals surface area (Å²) >= 11 is 1.12. The highest BCUT2D eigenvalue weighted by molar-refractivity contribution is 7.99. The normalized spacial score (nSPS) is 14.9. The van der Waals surface area contributed by atoms with E-state index in [9.17, 15) is 14.9 Å². The quantitative estimate of drug-likeness (QED) is 0.457. The van der Waals surface area contributed by atoms with E-state index in [0.29, 0.717) is 32.8 Å². The summed E-state index contributed by atoms with van der Waals surface area (Å²) in [6.45, 7) is 1.91. The zero-order valence-corrected chi connectivity index (χ0v) is 18.6. The van der Waals surface area contributed by atoms with Gasteiger partial charge in [0.2, 0.25) is 0 Å². The summed E-state index contributed by atoms with van der Waals surface area (Å²) in [5.74, 6) is -0.447. The van der Waals surface area contributed by atoms with Crippen LogP contribution in [-0.4, -0.2) is 49.4 Å². The first kappa shape index (κ1) is 21.1. The number of rotatable bonds is 4. The van der Waals surface area contributed by atoms with Gasteiger partial charge in [-0.05, 0) is 51.2 Å². The molecule has 0 atom stereocenters. The summed E-state index contributed by atoms with van der Waals surface area (Å²) in [5, 5.41) is 28.6. The molecule has 1 aliphatic heterocycles. The van der Waals surface area contributed by atoms with Crippen molar-refractivity contribution in [2.75, 3.05) is 20.1 Å². The maximum absolute atomic E-state index is 14.3.